The van der Waals surface area contributed by atoms with Crippen molar-refractivity contribution in [3.63, 3.8) is 0 Å². The summed E-state index contributed by atoms with van der Waals surface area (Å²) in [5.74, 6) is 0.182. The topological polar surface area (TPSA) is 49.3 Å². The molecule has 2 N–H and O–H groups in total. The molecule has 0 saturated carbocycles. The molecule has 0 heterocycles. The summed E-state index contributed by atoms with van der Waals surface area (Å²) >= 11 is 0. The summed E-state index contributed by atoms with van der Waals surface area (Å²) in [6.45, 7) is 6.20. The lowest BCUT2D eigenvalue weighted by atomic mass is 10.1. The van der Waals surface area contributed by atoms with Crippen molar-refractivity contribution in [1.82, 2.24) is 5.32 Å². The number of amides is 1. The number of allylic oxidation sites excluding steroid dienone is 1. The summed E-state index contributed by atoms with van der Waals surface area (Å²) in [6, 6.07) is 0.249. The van der Waals surface area contributed by atoms with Gasteiger partial charge in [0.1, 0.15) is 0 Å². The fourth-order valence-corrected chi connectivity index (χ4v) is 2.77. The van der Waals surface area contributed by atoms with Crippen LogP contribution in [0.15, 0.2) is 12.2 Å². The second-order valence-corrected chi connectivity index (χ2v) is 7.24. The molecule has 0 aromatic carbocycles. The van der Waals surface area contributed by atoms with E-state index in [0.717, 1.165) is 38.5 Å². The van der Waals surface area contributed by atoms with Crippen LogP contribution in [-0.4, -0.2) is 23.2 Å². The van der Waals surface area contributed by atoms with Gasteiger partial charge in [0.25, 0.3) is 0 Å². The molecule has 142 valence electrons. The van der Waals surface area contributed by atoms with E-state index in [1.165, 1.54) is 38.5 Å². The summed E-state index contributed by atoms with van der Waals surface area (Å²) in [6.07, 6.45) is 18.4. The molecule has 3 nitrogen and oxygen atoms in total. The Morgan fingerprint density at radius 3 is 2.33 bits per heavy atom. The Morgan fingerprint density at radius 2 is 1.62 bits per heavy atom. The minimum absolute atomic E-state index is 0.157. The molecule has 0 rings (SSSR count). The van der Waals surface area contributed by atoms with E-state index in [4.69, 9.17) is 0 Å². The normalized spacial score (nSPS) is 12.9. The predicted molar refractivity (Wildman–Crippen MR) is 104 cm³/mol. The number of unbranched alkanes of at least 4 members (excludes halogenated alkanes) is 8. The van der Waals surface area contributed by atoms with Crippen molar-refractivity contribution in [1.29, 1.82) is 0 Å². The minimum atomic E-state index is -0.157. The lowest BCUT2D eigenvalue weighted by Crippen LogP contribution is -2.29. The Kier molecular flexibility index (Phi) is 16.4. The molecule has 0 aromatic rings. The van der Waals surface area contributed by atoms with E-state index < -0.39 is 0 Å². The van der Waals surface area contributed by atoms with Crippen molar-refractivity contribution in [2.75, 3.05) is 0 Å². The van der Waals surface area contributed by atoms with E-state index in [1.807, 2.05) is 13.8 Å². The van der Waals surface area contributed by atoms with Crippen molar-refractivity contribution in [3.05, 3.63) is 12.2 Å². The fourth-order valence-electron chi connectivity index (χ4n) is 2.77. The first-order valence-electron chi connectivity index (χ1n) is 10.2. The van der Waals surface area contributed by atoms with Gasteiger partial charge in [0.05, 0.1) is 6.10 Å². The van der Waals surface area contributed by atoms with Crippen LogP contribution < -0.4 is 5.32 Å². The Labute approximate surface area is 150 Å². The van der Waals surface area contributed by atoms with Gasteiger partial charge >= 0.3 is 0 Å². The summed E-state index contributed by atoms with van der Waals surface area (Å²) in [5.41, 5.74) is 0. The maximum absolute atomic E-state index is 11.5. The number of hydrogen-bond donors (Lipinski definition) is 2. The van der Waals surface area contributed by atoms with Crippen molar-refractivity contribution < 1.29 is 9.90 Å². The van der Waals surface area contributed by atoms with E-state index in [-0.39, 0.29) is 18.1 Å². The van der Waals surface area contributed by atoms with Gasteiger partial charge in [0, 0.05) is 12.5 Å². The Bertz CT molecular complexity index is 313. The molecule has 3 heteroatoms. The van der Waals surface area contributed by atoms with E-state index in [0.29, 0.717) is 6.42 Å². The smallest absolute Gasteiger partial charge is 0.220 e. The second-order valence-electron chi connectivity index (χ2n) is 7.24. The first-order chi connectivity index (χ1) is 11.6. The second kappa shape index (κ2) is 17.0. The third-order valence-electron chi connectivity index (χ3n) is 4.19. The van der Waals surface area contributed by atoms with Crippen LogP contribution in [0.3, 0.4) is 0 Å². The summed E-state index contributed by atoms with van der Waals surface area (Å²) in [7, 11) is 0. The van der Waals surface area contributed by atoms with Crippen LogP contribution in [0.4, 0.5) is 0 Å². The summed E-state index contributed by atoms with van der Waals surface area (Å²) in [5, 5.41) is 12.8. The van der Waals surface area contributed by atoms with Gasteiger partial charge in [-0.05, 0) is 46.0 Å². The molecule has 0 saturated heterocycles. The van der Waals surface area contributed by atoms with Crippen molar-refractivity contribution in [2.45, 2.75) is 116 Å². The Hall–Kier alpha value is -0.830. The average Bonchev–Trinajstić information content (AvgIpc) is 2.52. The maximum atomic E-state index is 11.5. The SMILES string of the molecule is CCCCCCC(O)C/C=C\CCCCCCCC(=O)NC(C)C. The molecule has 1 atom stereocenters. The number of rotatable bonds is 16. The van der Waals surface area contributed by atoms with Gasteiger partial charge in [-0.25, -0.2) is 0 Å². The summed E-state index contributed by atoms with van der Waals surface area (Å²) < 4.78 is 0. The maximum Gasteiger partial charge on any atom is 0.220 e. The number of aliphatic hydroxyl groups excluding tert-OH is 1. The number of carbonyl (C=O) groups is 1. The van der Waals surface area contributed by atoms with Crippen LogP contribution in [0.1, 0.15) is 104 Å². The van der Waals surface area contributed by atoms with Crippen LogP contribution in [0.5, 0.6) is 0 Å². The zero-order valence-corrected chi connectivity index (χ0v) is 16.4. The van der Waals surface area contributed by atoms with Gasteiger partial charge in [-0.2, -0.15) is 0 Å². The van der Waals surface area contributed by atoms with Gasteiger partial charge in [-0.15, -0.1) is 0 Å². The van der Waals surface area contributed by atoms with Crippen LogP contribution in [0, 0.1) is 0 Å². The minimum Gasteiger partial charge on any atom is -0.393 e. The zero-order chi connectivity index (χ0) is 18.0. The highest BCUT2D eigenvalue weighted by atomic mass is 16.3. The number of nitrogens with one attached hydrogen (secondary N) is 1. The molecular formula is C21H41NO2. The lowest BCUT2D eigenvalue weighted by Gasteiger charge is -2.07. The number of carbonyl (C=O) groups excluding carboxylic acids is 1. The lowest BCUT2D eigenvalue weighted by molar-refractivity contribution is -0.121. The molecule has 1 unspecified atom stereocenters. The average molecular weight is 340 g/mol. The van der Waals surface area contributed by atoms with E-state index in [2.05, 4.69) is 24.4 Å². The fraction of sp³-hybridized carbons (Fsp3) is 0.857. The monoisotopic (exact) mass is 339 g/mol. The molecular weight excluding hydrogens is 298 g/mol. The molecule has 0 fully saturated rings. The summed E-state index contributed by atoms with van der Waals surface area (Å²) in [4.78, 5) is 11.5. The zero-order valence-electron chi connectivity index (χ0n) is 16.4. The third-order valence-corrected chi connectivity index (χ3v) is 4.19. The molecule has 0 aliphatic rings. The van der Waals surface area contributed by atoms with E-state index >= 15 is 0 Å². The quantitative estimate of drug-likeness (QED) is 0.287. The molecule has 0 aliphatic carbocycles. The van der Waals surface area contributed by atoms with Gasteiger partial charge in [0.15, 0.2) is 0 Å². The highest BCUT2D eigenvalue weighted by Crippen LogP contribution is 2.10. The first kappa shape index (κ1) is 23.2. The van der Waals surface area contributed by atoms with E-state index in [9.17, 15) is 9.90 Å². The molecule has 0 spiro atoms. The highest BCUT2D eigenvalue weighted by molar-refractivity contribution is 5.76. The van der Waals surface area contributed by atoms with E-state index in [1.54, 1.807) is 0 Å². The Balaban J connectivity index is 3.33. The van der Waals surface area contributed by atoms with Crippen molar-refractivity contribution >= 4 is 5.91 Å². The van der Waals surface area contributed by atoms with Gasteiger partial charge < -0.3 is 10.4 Å². The van der Waals surface area contributed by atoms with Gasteiger partial charge in [-0.3, -0.25) is 4.79 Å². The molecule has 1 amide bonds. The standard InChI is InChI=1S/C21H41NO2/c1-4-5-6-13-16-20(23)17-14-11-9-7-8-10-12-15-18-21(24)22-19(2)3/h11,14,19-20,23H,4-10,12-13,15-18H2,1-3H3,(H,22,24)/b14-11-. The highest BCUT2D eigenvalue weighted by Gasteiger charge is 2.02. The molecule has 24 heavy (non-hydrogen) atoms. The van der Waals surface area contributed by atoms with Crippen LogP contribution in [0.25, 0.3) is 0 Å². The van der Waals surface area contributed by atoms with Crippen LogP contribution >= 0.6 is 0 Å². The van der Waals surface area contributed by atoms with Gasteiger partial charge in [-0.1, -0.05) is 64.0 Å². The largest absolute Gasteiger partial charge is 0.393 e. The molecule has 0 aromatic heterocycles. The molecule has 0 bridgehead atoms. The third kappa shape index (κ3) is 17.5. The van der Waals surface area contributed by atoms with Crippen molar-refractivity contribution in [2.24, 2.45) is 0 Å². The van der Waals surface area contributed by atoms with Crippen LogP contribution in [0.2, 0.25) is 0 Å². The molecule has 0 aliphatic heterocycles. The van der Waals surface area contributed by atoms with Crippen molar-refractivity contribution in [3.8, 4) is 0 Å². The van der Waals surface area contributed by atoms with Crippen LogP contribution in [-0.2, 0) is 4.79 Å². The molecule has 0 radical (unpaired) electrons. The van der Waals surface area contributed by atoms with Gasteiger partial charge in [0.2, 0.25) is 5.91 Å². The number of hydrogen-bond acceptors (Lipinski definition) is 2. The number of aliphatic hydroxyl groups is 1. The first-order valence-corrected chi connectivity index (χ1v) is 10.2. The predicted octanol–water partition coefficient (Wildman–Crippen LogP) is 5.52. The Morgan fingerprint density at radius 1 is 0.958 bits per heavy atom.